The number of anilines is 1. The Morgan fingerprint density at radius 2 is 1.85 bits per heavy atom. The Morgan fingerprint density at radius 3 is 2.58 bits per heavy atom. The molecule has 1 atom stereocenters. The molecule has 0 saturated carbocycles. The van der Waals surface area contributed by atoms with Crippen LogP contribution < -0.4 is 10.2 Å². The molecule has 2 aromatic rings. The van der Waals surface area contributed by atoms with E-state index >= 15 is 0 Å². The predicted octanol–water partition coefficient (Wildman–Crippen LogP) is 3.49. The Balaban J connectivity index is 1.40. The molecule has 1 unspecified atom stereocenters. The molecule has 136 valence electrons. The third kappa shape index (κ3) is 4.94. The molecule has 1 aliphatic heterocycles. The highest BCUT2D eigenvalue weighted by Gasteiger charge is 2.30. The van der Waals surface area contributed by atoms with Gasteiger partial charge in [0.1, 0.15) is 0 Å². The minimum Gasteiger partial charge on any atom is -0.356 e. The van der Waals surface area contributed by atoms with Crippen molar-refractivity contribution in [2.45, 2.75) is 32.6 Å². The second kappa shape index (κ2) is 8.65. The maximum absolute atomic E-state index is 12.3. The van der Waals surface area contributed by atoms with E-state index in [-0.39, 0.29) is 17.7 Å². The van der Waals surface area contributed by atoms with Crippen LogP contribution >= 0.6 is 0 Å². The Kier molecular flexibility index (Phi) is 6.05. The molecule has 2 amide bonds. The average Bonchev–Trinajstić information content (AvgIpc) is 3.02. The number of carbonyl (C=O) groups excluding carboxylic acids is 2. The van der Waals surface area contributed by atoms with Gasteiger partial charge >= 0.3 is 0 Å². The van der Waals surface area contributed by atoms with Crippen LogP contribution in [0.4, 0.5) is 5.69 Å². The van der Waals surface area contributed by atoms with Crippen molar-refractivity contribution >= 4 is 17.5 Å². The minimum absolute atomic E-state index is 0.0715. The largest absolute Gasteiger partial charge is 0.356 e. The highest BCUT2D eigenvalue weighted by atomic mass is 16.2. The zero-order valence-electron chi connectivity index (χ0n) is 15.3. The zero-order valence-corrected chi connectivity index (χ0v) is 15.3. The van der Waals surface area contributed by atoms with E-state index in [0.717, 1.165) is 18.5 Å². The molecule has 1 N–H and O–H groups in total. The summed E-state index contributed by atoms with van der Waals surface area (Å²) in [5, 5.41) is 2.99. The quantitative estimate of drug-likeness (QED) is 0.831. The molecule has 26 heavy (non-hydrogen) atoms. The number of nitrogens with zero attached hydrogens (tertiary/aromatic N) is 1. The topological polar surface area (TPSA) is 49.4 Å². The molecule has 0 aliphatic carbocycles. The van der Waals surface area contributed by atoms with E-state index in [1.807, 2.05) is 54.3 Å². The molecule has 3 rings (SSSR count). The zero-order chi connectivity index (χ0) is 18.4. The molecule has 1 aliphatic rings. The van der Waals surface area contributed by atoms with Crippen molar-refractivity contribution in [1.82, 2.24) is 5.32 Å². The summed E-state index contributed by atoms with van der Waals surface area (Å²) >= 11 is 0. The molecule has 1 heterocycles. The van der Waals surface area contributed by atoms with E-state index < -0.39 is 0 Å². The summed E-state index contributed by atoms with van der Waals surface area (Å²) in [5.74, 6) is 0.390. The summed E-state index contributed by atoms with van der Waals surface area (Å²) in [4.78, 5) is 26.1. The van der Waals surface area contributed by atoms with Gasteiger partial charge in [0.15, 0.2) is 0 Å². The van der Waals surface area contributed by atoms with E-state index in [1.54, 1.807) is 0 Å². The third-order valence-electron chi connectivity index (χ3n) is 4.85. The van der Waals surface area contributed by atoms with Crippen LogP contribution in [0.5, 0.6) is 0 Å². The minimum atomic E-state index is 0.0715. The van der Waals surface area contributed by atoms with Crippen LogP contribution in [0.25, 0.3) is 0 Å². The fraction of sp³-hybridized carbons (Fsp3) is 0.364. The normalized spacial score (nSPS) is 16.7. The Morgan fingerprint density at radius 1 is 1.12 bits per heavy atom. The maximum atomic E-state index is 12.3. The number of amides is 2. The van der Waals surface area contributed by atoms with Gasteiger partial charge in [-0.2, -0.15) is 0 Å². The Hall–Kier alpha value is -2.62. The first-order valence-electron chi connectivity index (χ1n) is 9.29. The molecule has 0 bridgehead atoms. The lowest BCUT2D eigenvalue weighted by atomic mass is 10.1. The van der Waals surface area contributed by atoms with Gasteiger partial charge in [0.2, 0.25) is 11.8 Å². The summed E-state index contributed by atoms with van der Waals surface area (Å²) in [7, 11) is 0. The number of hydrogen-bond acceptors (Lipinski definition) is 2. The lowest BCUT2D eigenvalue weighted by molar-refractivity contribution is -0.121. The Bertz CT molecular complexity index is 740. The van der Waals surface area contributed by atoms with Crippen LogP contribution in [0.2, 0.25) is 0 Å². The van der Waals surface area contributed by atoms with Crippen LogP contribution in [-0.2, 0) is 16.0 Å². The van der Waals surface area contributed by atoms with Crippen LogP contribution in [0.15, 0.2) is 54.6 Å². The van der Waals surface area contributed by atoms with Gasteiger partial charge in [-0.15, -0.1) is 0 Å². The summed E-state index contributed by atoms with van der Waals surface area (Å²) in [6.45, 7) is 3.27. The highest BCUT2D eigenvalue weighted by molar-refractivity contribution is 5.95. The van der Waals surface area contributed by atoms with E-state index in [4.69, 9.17) is 0 Å². The number of aryl methyl sites for hydroxylation is 2. The maximum Gasteiger partial charge on any atom is 0.227 e. The fourth-order valence-corrected chi connectivity index (χ4v) is 3.34. The van der Waals surface area contributed by atoms with Gasteiger partial charge in [0.25, 0.3) is 0 Å². The van der Waals surface area contributed by atoms with E-state index in [0.29, 0.717) is 25.9 Å². The number of carbonyl (C=O) groups is 2. The number of hydrogen-bond donors (Lipinski definition) is 1. The van der Waals surface area contributed by atoms with Crippen LogP contribution in [0.1, 0.15) is 30.4 Å². The SMILES string of the molecule is Cc1ccc(N2CC(CNC(=O)CCCc3ccccc3)CC2=O)cc1. The summed E-state index contributed by atoms with van der Waals surface area (Å²) < 4.78 is 0. The van der Waals surface area contributed by atoms with Crippen molar-refractivity contribution in [2.75, 3.05) is 18.0 Å². The molecule has 0 spiro atoms. The van der Waals surface area contributed by atoms with Gasteiger partial charge in [-0.25, -0.2) is 0 Å². The molecule has 4 nitrogen and oxygen atoms in total. The van der Waals surface area contributed by atoms with Gasteiger partial charge in [0.05, 0.1) is 0 Å². The molecule has 2 aromatic carbocycles. The first kappa shape index (κ1) is 18.2. The molecule has 1 fully saturated rings. The standard InChI is InChI=1S/C22H26N2O2/c1-17-10-12-20(13-11-17)24-16-19(14-22(24)26)15-23-21(25)9-5-8-18-6-3-2-4-7-18/h2-4,6-7,10-13,19H,5,8-9,14-16H2,1H3,(H,23,25). The van der Waals surface area contributed by atoms with Gasteiger partial charge in [0, 0.05) is 37.5 Å². The molecular weight excluding hydrogens is 324 g/mol. The van der Waals surface area contributed by atoms with E-state index in [1.165, 1.54) is 11.1 Å². The number of nitrogens with one attached hydrogen (secondary N) is 1. The first-order chi connectivity index (χ1) is 12.6. The highest BCUT2D eigenvalue weighted by Crippen LogP contribution is 2.25. The van der Waals surface area contributed by atoms with Crippen LogP contribution in [0, 0.1) is 12.8 Å². The second-order valence-electron chi connectivity index (χ2n) is 7.05. The summed E-state index contributed by atoms with van der Waals surface area (Å²) in [6.07, 6.45) is 2.78. The van der Waals surface area contributed by atoms with E-state index in [2.05, 4.69) is 17.4 Å². The fourth-order valence-electron chi connectivity index (χ4n) is 3.34. The van der Waals surface area contributed by atoms with Gasteiger partial charge in [-0.1, -0.05) is 48.0 Å². The van der Waals surface area contributed by atoms with Crippen LogP contribution in [-0.4, -0.2) is 24.9 Å². The molecule has 4 heteroatoms. The summed E-state index contributed by atoms with van der Waals surface area (Å²) in [5.41, 5.74) is 3.38. The second-order valence-corrected chi connectivity index (χ2v) is 7.05. The van der Waals surface area contributed by atoms with Gasteiger partial charge in [-0.3, -0.25) is 9.59 Å². The van der Waals surface area contributed by atoms with Crippen molar-refractivity contribution in [3.8, 4) is 0 Å². The lowest BCUT2D eigenvalue weighted by Crippen LogP contribution is -2.31. The van der Waals surface area contributed by atoms with Crippen molar-refractivity contribution in [3.63, 3.8) is 0 Å². The van der Waals surface area contributed by atoms with Gasteiger partial charge < -0.3 is 10.2 Å². The third-order valence-corrected chi connectivity index (χ3v) is 4.85. The first-order valence-corrected chi connectivity index (χ1v) is 9.29. The average molecular weight is 350 g/mol. The molecule has 0 aromatic heterocycles. The van der Waals surface area contributed by atoms with Gasteiger partial charge in [-0.05, 0) is 37.5 Å². The van der Waals surface area contributed by atoms with Crippen molar-refractivity contribution in [3.05, 3.63) is 65.7 Å². The van der Waals surface area contributed by atoms with Crippen molar-refractivity contribution < 1.29 is 9.59 Å². The molecular formula is C22H26N2O2. The predicted molar refractivity (Wildman–Crippen MR) is 104 cm³/mol. The number of benzene rings is 2. The van der Waals surface area contributed by atoms with Crippen molar-refractivity contribution in [1.29, 1.82) is 0 Å². The number of rotatable bonds is 7. The van der Waals surface area contributed by atoms with Crippen molar-refractivity contribution in [2.24, 2.45) is 5.92 Å². The smallest absolute Gasteiger partial charge is 0.227 e. The monoisotopic (exact) mass is 350 g/mol. The summed E-state index contributed by atoms with van der Waals surface area (Å²) in [6, 6.07) is 18.2. The molecule has 1 saturated heterocycles. The lowest BCUT2D eigenvalue weighted by Gasteiger charge is -2.17. The molecule has 0 radical (unpaired) electrons. The van der Waals surface area contributed by atoms with Crippen LogP contribution in [0.3, 0.4) is 0 Å². The van der Waals surface area contributed by atoms with E-state index in [9.17, 15) is 9.59 Å². The Labute approximate surface area is 155 Å².